The van der Waals surface area contributed by atoms with Gasteiger partial charge in [-0.25, -0.2) is 4.79 Å². The van der Waals surface area contributed by atoms with Crippen molar-refractivity contribution in [3.63, 3.8) is 0 Å². The van der Waals surface area contributed by atoms with Crippen LogP contribution in [-0.4, -0.2) is 24.9 Å². The number of methoxy groups -OCH3 is 1. The van der Waals surface area contributed by atoms with E-state index in [1.807, 2.05) is 36.4 Å². The van der Waals surface area contributed by atoms with E-state index < -0.39 is 12.0 Å². The molecule has 0 heterocycles. The molecule has 152 valence electrons. The van der Waals surface area contributed by atoms with E-state index in [0.717, 1.165) is 5.56 Å². The van der Waals surface area contributed by atoms with Crippen molar-refractivity contribution in [3.8, 4) is 0 Å². The maximum absolute atomic E-state index is 12.8. The van der Waals surface area contributed by atoms with Crippen LogP contribution in [0.2, 0.25) is 0 Å². The Bertz CT molecular complexity index is 1020. The summed E-state index contributed by atoms with van der Waals surface area (Å²) in [5.74, 6) is -1.15. The van der Waals surface area contributed by atoms with Gasteiger partial charge in [-0.2, -0.15) is 0 Å². The summed E-state index contributed by atoms with van der Waals surface area (Å²) in [5.41, 5.74) is 1.93. The minimum atomic E-state index is -0.539. The van der Waals surface area contributed by atoms with Crippen molar-refractivity contribution in [2.75, 3.05) is 12.4 Å². The second kappa shape index (κ2) is 10.0. The molecule has 2 amide bonds. The molecule has 2 N–H and O–H groups in total. The van der Waals surface area contributed by atoms with E-state index in [4.69, 9.17) is 4.74 Å². The van der Waals surface area contributed by atoms with Gasteiger partial charge in [-0.1, -0.05) is 60.7 Å². The maximum Gasteiger partial charge on any atom is 0.339 e. The molecule has 0 saturated carbocycles. The summed E-state index contributed by atoms with van der Waals surface area (Å²) in [4.78, 5) is 37.3. The number of hydrogen-bond donors (Lipinski definition) is 2. The second-order valence-corrected chi connectivity index (χ2v) is 6.59. The highest BCUT2D eigenvalue weighted by Gasteiger charge is 2.20. The van der Waals surface area contributed by atoms with Crippen molar-refractivity contribution in [1.82, 2.24) is 5.32 Å². The highest BCUT2D eigenvalue weighted by atomic mass is 16.5. The molecule has 1 atom stereocenters. The topological polar surface area (TPSA) is 84.5 Å². The third-order valence-corrected chi connectivity index (χ3v) is 4.54. The van der Waals surface area contributed by atoms with Crippen molar-refractivity contribution < 1.29 is 19.1 Å². The zero-order valence-corrected chi connectivity index (χ0v) is 16.5. The van der Waals surface area contributed by atoms with Gasteiger partial charge in [0.25, 0.3) is 5.91 Å². The first kappa shape index (κ1) is 20.8. The van der Waals surface area contributed by atoms with Crippen molar-refractivity contribution in [1.29, 1.82) is 0 Å². The molecule has 6 heteroatoms. The third kappa shape index (κ3) is 5.32. The Kier molecular flexibility index (Phi) is 6.95. The molecule has 3 aromatic rings. The zero-order valence-electron chi connectivity index (χ0n) is 16.5. The number of carbonyl (C=O) groups is 3. The van der Waals surface area contributed by atoms with Crippen LogP contribution in [0.25, 0.3) is 0 Å². The molecule has 0 aliphatic carbocycles. The van der Waals surface area contributed by atoms with Crippen molar-refractivity contribution >= 4 is 23.5 Å². The lowest BCUT2D eigenvalue weighted by molar-refractivity contribution is -0.116. The van der Waals surface area contributed by atoms with E-state index >= 15 is 0 Å². The van der Waals surface area contributed by atoms with Gasteiger partial charge in [-0.3, -0.25) is 9.59 Å². The molecule has 0 radical (unpaired) electrons. The number of carbonyl (C=O) groups excluding carboxylic acids is 3. The summed E-state index contributed by atoms with van der Waals surface area (Å²) in [6.07, 6.45) is -0.00189. The monoisotopic (exact) mass is 402 g/mol. The Balaban J connectivity index is 1.78. The van der Waals surface area contributed by atoms with Gasteiger partial charge in [0.05, 0.1) is 30.8 Å². The predicted octanol–water partition coefficient (Wildman–Crippen LogP) is 3.97. The Hall–Kier alpha value is -3.93. The van der Waals surface area contributed by atoms with Crippen LogP contribution in [0.5, 0.6) is 0 Å². The minimum Gasteiger partial charge on any atom is -0.465 e. The molecule has 0 bridgehead atoms. The van der Waals surface area contributed by atoms with E-state index in [1.165, 1.54) is 7.11 Å². The number of hydrogen-bond acceptors (Lipinski definition) is 4. The van der Waals surface area contributed by atoms with Gasteiger partial charge >= 0.3 is 5.97 Å². The molecule has 0 fully saturated rings. The van der Waals surface area contributed by atoms with Crippen LogP contribution in [0.15, 0.2) is 84.9 Å². The summed E-state index contributed by atoms with van der Waals surface area (Å²) in [6.45, 7) is 0. The van der Waals surface area contributed by atoms with Crippen LogP contribution >= 0.6 is 0 Å². The first-order valence-electron chi connectivity index (χ1n) is 9.46. The van der Waals surface area contributed by atoms with E-state index in [9.17, 15) is 14.4 Å². The number of amides is 2. The Morgan fingerprint density at radius 2 is 1.43 bits per heavy atom. The van der Waals surface area contributed by atoms with Crippen LogP contribution in [0, 0.1) is 0 Å². The normalized spacial score (nSPS) is 11.2. The molecule has 0 aliphatic heterocycles. The Morgan fingerprint density at radius 3 is 2.10 bits per heavy atom. The van der Waals surface area contributed by atoms with Gasteiger partial charge in [0.2, 0.25) is 5.91 Å². The lowest BCUT2D eigenvalue weighted by Crippen LogP contribution is -2.31. The van der Waals surface area contributed by atoms with Crippen LogP contribution < -0.4 is 10.6 Å². The van der Waals surface area contributed by atoms with E-state index in [1.54, 1.807) is 48.5 Å². The highest BCUT2D eigenvalue weighted by molar-refractivity contribution is 6.01. The summed E-state index contributed by atoms with van der Waals surface area (Å²) in [5, 5.41) is 5.67. The van der Waals surface area contributed by atoms with Crippen LogP contribution in [0.4, 0.5) is 5.69 Å². The molecule has 6 nitrogen and oxygen atoms in total. The van der Waals surface area contributed by atoms with Crippen molar-refractivity contribution in [2.24, 2.45) is 0 Å². The highest BCUT2D eigenvalue weighted by Crippen LogP contribution is 2.21. The summed E-state index contributed by atoms with van der Waals surface area (Å²) < 4.78 is 4.76. The molecule has 1 unspecified atom stereocenters. The summed E-state index contributed by atoms with van der Waals surface area (Å²) in [6, 6.07) is 24.2. The molecule has 0 aliphatic rings. The second-order valence-electron chi connectivity index (χ2n) is 6.59. The first-order valence-corrected chi connectivity index (χ1v) is 9.46. The van der Waals surface area contributed by atoms with Crippen LogP contribution in [0.1, 0.15) is 38.7 Å². The first-order chi connectivity index (χ1) is 14.6. The zero-order chi connectivity index (χ0) is 21.3. The number of nitrogens with one attached hydrogen (secondary N) is 2. The molecular formula is C24H22N2O4. The molecule has 0 spiro atoms. The molecule has 30 heavy (non-hydrogen) atoms. The van der Waals surface area contributed by atoms with E-state index in [-0.39, 0.29) is 23.8 Å². The lowest BCUT2D eigenvalue weighted by Gasteiger charge is -2.19. The average molecular weight is 402 g/mol. The molecule has 0 saturated heterocycles. The number of ether oxygens (including phenoxy) is 1. The lowest BCUT2D eigenvalue weighted by atomic mass is 10.0. The smallest absolute Gasteiger partial charge is 0.339 e. The van der Waals surface area contributed by atoms with Gasteiger partial charge in [-0.05, 0) is 29.8 Å². The van der Waals surface area contributed by atoms with Gasteiger partial charge in [0, 0.05) is 5.56 Å². The SMILES string of the molecule is COC(=O)c1ccccc1NC(=O)CC(NC(=O)c1ccccc1)c1ccccc1. The largest absolute Gasteiger partial charge is 0.465 e. The fraction of sp³-hybridized carbons (Fsp3) is 0.125. The average Bonchev–Trinajstić information content (AvgIpc) is 2.79. The maximum atomic E-state index is 12.8. The predicted molar refractivity (Wildman–Crippen MR) is 114 cm³/mol. The van der Waals surface area contributed by atoms with Gasteiger partial charge < -0.3 is 15.4 Å². The molecular weight excluding hydrogens is 380 g/mol. The molecule has 3 aromatic carbocycles. The number of rotatable bonds is 7. The number of esters is 1. The fourth-order valence-electron chi connectivity index (χ4n) is 3.04. The molecule has 0 aromatic heterocycles. The van der Waals surface area contributed by atoms with Crippen LogP contribution in [0.3, 0.4) is 0 Å². The Labute approximate surface area is 174 Å². The van der Waals surface area contributed by atoms with Gasteiger partial charge in [0.15, 0.2) is 0 Å². The van der Waals surface area contributed by atoms with Crippen molar-refractivity contribution in [2.45, 2.75) is 12.5 Å². The van der Waals surface area contributed by atoms with E-state index in [0.29, 0.717) is 11.3 Å². The fourth-order valence-corrected chi connectivity index (χ4v) is 3.04. The standard InChI is InChI=1S/C24H22N2O4/c1-30-24(29)19-14-8-9-15-20(19)25-22(27)16-21(17-10-4-2-5-11-17)26-23(28)18-12-6-3-7-13-18/h2-15,21H,16H2,1H3,(H,25,27)(H,26,28). The Morgan fingerprint density at radius 1 is 0.833 bits per heavy atom. The van der Waals surface area contributed by atoms with Crippen molar-refractivity contribution in [3.05, 3.63) is 102 Å². The van der Waals surface area contributed by atoms with Gasteiger partial charge in [-0.15, -0.1) is 0 Å². The van der Waals surface area contributed by atoms with Gasteiger partial charge in [0.1, 0.15) is 0 Å². The number of para-hydroxylation sites is 1. The quantitative estimate of drug-likeness (QED) is 0.586. The number of anilines is 1. The van der Waals surface area contributed by atoms with Crippen LogP contribution in [-0.2, 0) is 9.53 Å². The summed E-state index contributed by atoms with van der Waals surface area (Å²) in [7, 11) is 1.28. The number of benzene rings is 3. The van der Waals surface area contributed by atoms with E-state index in [2.05, 4.69) is 10.6 Å². The summed E-state index contributed by atoms with van der Waals surface area (Å²) >= 11 is 0. The molecule has 3 rings (SSSR count). The third-order valence-electron chi connectivity index (χ3n) is 4.54. The minimum absolute atomic E-state index is 0.00189.